The largest absolute Gasteiger partial charge is 0.389 e. The molecule has 0 unspecified atom stereocenters. The van der Waals surface area contributed by atoms with Crippen LogP contribution < -0.4 is 5.73 Å². The molecule has 2 fully saturated rings. The first-order valence-electron chi connectivity index (χ1n) is 14.0. The van der Waals surface area contributed by atoms with Crippen molar-refractivity contribution in [1.29, 1.82) is 5.26 Å². The van der Waals surface area contributed by atoms with Gasteiger partial charge in [-0.3, -0.25) is 4.79 Å². The molecule has 6 rings (SSSR count). The summed E-state index contributed by atoms with van der Waals surface area (Å²) in [5, 5.41) is 20.3. The van der Waals surface area contributed by atoms with Gasteiger partial charge in [-0.05, 0) is 98.7 Å². The summed E-state index contributed by atoms with van der Waals surface area (Å²) in [5.41, 5.74) is 7.98. The normalized spacial score (nSPS) is 20.4. The van der Waals surface area contributed by atoms with Crippen LogP contribution in [0.1, 0.15) is 55.5 Å². The number of piperidine rings is 1. The van der Waals surface area contributed by atoms with Crippen LogP contribution in [0.4, 0.5) is 8.78 Å². The highest BCUT2D eigenvalue weighted by molar-refractivity contribution is 5.99. The van der Waals surface area contributed by atoms with Gasteiger partial charge < -0.3 is 20.3 Å². The number of nitrogens with zero attached hydrogens (tertiary/aromatic N) is 3. The summed E-state index contributed by atoms with van der Waals surface area (Å²) in [7, 11) is 0. The van der Waals surface area contributed by atoms with E-state index in [1.165, 1.54) is 18.2 Å². The van der Waals surface area contributed by atoms with Crippen LogP contribution in [0.15, 0.2) is 60.8 Å². The Labute approximate surface area is 237 Å². The first-order chi connectivity index (χ1) is 19.5. The van der Waals surface area contributed by atoms with E-state index in [1.54, 1.807) is 48.7 Å². The smallest absolute Gasteiger partial charge is 0.254 e. The summed E-state index contributed by atoms with van der Waals surface area (Å²) < 4.78 is 32.4. The highest BCUT2D eigenvalue weighted by Gasteiger charge is 2.42. The van der Waals surface area contributed by atoms with Crippen LogP contribution in [0, 0.1) is 23.0 Å². The number of benzene rings is 3. The molecule has 2 bridgehead atoms. The summed E-state index contributed by atoms with van der Waals surface area (Å²) in [4.78, 5) is 15.7. The zero-order valence-electron chi connectivity index (χ0n) is 23.1. The minimum atomic E-state index is -0.977. The van der Waals surface area contributed by atoms with Crippen LogP contribution in [0.25, 0.3) is 33.2 Å². The Morgan fingerprint density at radius 2 is 1.73 bits per heavy atom. The van der Waals surface area contributed by atoms with E-state index in [2.05, 4.69) is 0 Å². The molecule has 3 atom stereocenters. The Bertz CT molecular complexity index is 1700. The van der Waals surface area contributed by atoms with E-state index in [-0.39, 0.29) is 29.6 Å². The van der Waals surface area contributed by atoms with Gasteiger partial charge in [0.25, 0.3) is 5.91 Å². The molecule has 1 aromatic heterocycles. The second-order valence-electron chi connectivity index (χ2n) is 12.0. The number of hydrogen-bond donors (Lipinski definition) is 2. The lowest BCUT2D eigenvalue weighted by Gasteiger charge is -2.38. The van der Waals surface area contributed by atoms with Gasteiger partial charge in [-0.2, -0.15) is 5.26 Å². The number of carbonyl (C=O) groups excluding carboxylic acids is 1. The second kappa shape index (κ2) is 10.1. The van der Waals surface area contributed by atoms with E-state index in [4.69, 9.17) is 5.73 Å². The molecule has 0 aliphatic carbocycles. The van der Waals surface area contributed by atoms with Crippen molar-refractivity contribution in [2.24, 2.45) is 5.73 Å². The number of rotatable bonds is 5. The van der Waals surface area contributed by atoms with Gasteiger partial charge in [0, 0.05) is 40.8 Å². The third kappa shape index (κ3) is 5.01. The predicted octanol–water partition coefficient (Wildman–Crippen LogP) is 5.99. The van der Waals surface area contributed by atoms with E-state index < -0.39 is 17.2 Å². The molecule has 0 saturated carbocycles. The zero-order chi connectivity index (χ0) is 29.1. The van der Waals surface area contributed by atoms with Crippen LogP contribution in [-0.4, -0.2) is 44.2 Å². The van der Waals surface area contributed by atoms with Crippen molar-refractivity contribution in [3.63, 3.8) is 0 Å². The Morgan fingerprint density at radius 1 is 1.00 bits per heavy atom. The van der Waals surface area contributed by atoms with Crippen molar-refractivity contribution in [3.8, 4) is 28.3 Å². The summed E-state index contributed by atoms with van der Waals surface area (Å²) >= 11 is 0. The predicted molar refractivity (Wildman–Crippen MR) is 154 cm³/mol. The fourth-order valence-electron chi connectivity index (χ4n) is 6.60. The van der Waals surface area contributed by atoms with Crippen molar-refractivity contribution >= 4 is 16.8 Å². The minimum absolute atomic E-state index is 0.0901. The number of amides is 1. The summed E-state index contributed by atoms with van der Waals surface area (Å²) in [5.74, 6) is -1.27. The molecule has 2 saturated heterocycles. The van der Waals surface area contributed by atoms with E-state index in [0.717, 1.165) is 31.1 Å². The highest BCUT2D eigenvalue weighted by atomic mass is 19.1. The quantitative estimate of drug-likeness (QED) is 0.317. The van der Waals surface area contributed by atoms with Crippen molar-refractivity contribution in [3.05, 3.63) is 83.6 Å². The lowest BCUT2D eigenvalue weighted by Crippen LogP contribution is -2.50. The standard InChI is InChI=1S/C33H32F2N4O2/c1-33(2,41)18-38-10-9-20-11-28(30(35)16-31(20)38)26-8-5-21(12-27(26)19-3-4-22(17-36)29(34)13-19)32(40)39-24-6-7-25(39)15-23(37)14-24/h3-5,8-13,16,23-25,41H,6-7,14-15,18,37H2,1-2H3/t23-,24+,25-. The van der Waals surface area contributed by atoms with E-state index >= 15 is 4.39 Å². The molecule has 3 N–H and O–H groups in total. The lowest BCUT2D eigenvalue weighted by molar-refractivity contribution is 0.0574. The molecule has 3 aromatic carbocycles. The number of nitriles is 1. The molecule has 2 aliphatic rings. The number of hydrogen-bond acceptors (Lipinski definition) is 4. The summed E-state index contributed by atoms with van der Waals surface area (Å²) in [6, 6.07) is 16.5. The number of nitrogens with two attached hydrogens (primary N) is 1. The maximum atomic E-state index is 15.8. The van der Waals surface area contributed by atoms with E-state index in [9.17, 15) is 19.6 Å². The highest BCUT2D eigenvalue weighted by Crippen LogP contribution is 2.40. The van der Waals surface area contributed by atoms with Gasteiger partial charge in [0.2, 0.25) is 0 Å². The van der Waals surface area contributed by atoms with Gasteiger partial charge in [-0.1, -0.05) is 12.1 Å². The minimum Gasteiger partial charge on any atom is -0.389 e. The molecule has 8 heteroatoms. The molecule has 210 valence electrons. The fraction of sp³-hybridized carbons (Fsp3) is 0.333. The molecule has 0 radical (unpaired) electrons. The van der Waals surface area contributed by atoms with Gasteiger partial charge in [0.1, 0.15) is 17.7 Å². The van der Waals surface area contributed by atoms with Crippen molar-refractivity contribution < 1.29 is 18.7 Å². The lowest BCUT2D eigenvalue weighted by atomic mass is 9.90. The number of halogens is 2. The molecule has 6 nitrogen and oxygen atoms in total. The maximum absolute atomic E-state index is 15.8. The number of carbonyl (C=O) groups is 1. The Morgan fingerprint density at radius 3 is 2.39 bits per heavy atom. The van der Waals surface area contributed by atoms with Crippen molar-refractivity contribution in [2.45, 2.75) is 69.8 Å². The Hall–Kier alpha value is -4.06. The third-order valence-corrected chi connectivity index (χ3v) is 8.38. The maximum Gasteiger partial charge on any atom is 0.254 e. The zero-order valence-corrected chi connectivity index (χ0v) is 23.1. The molecule has 1 amide bonds. The SMILES string of the molecule is CC(C)(O)Cn1ccc2cc(-c3ccc(C(=O)N4[C@@H]5CC[C@H]4C[C@@H](N)C5)cc3-c3ccc(C#N)c(F)c3)c(F)cc21. The van der Waals surface area contributed by atoms with Gasteiger partial charge in [-0.25, -0.2) is 8.78 Å². The molecule has 3 heterocycles. The fourth-order valence-corrected chi connectivity index (χ4v) is 6.60. The Balaban J connectivity index is 1.47. The Kier molecular flexibility index (Phi) is 6.68. The number of aromatic nitrogens is 1. The summed E-state index contributed by atoms with van der Waals surface area (Å²) in [6.45, 7) is 3.68. The molecule has 41 heavy (non-hydrogen) atoms. The average molecular weight is 555 g/mol. The van der Waals surface area contributed by atoms with Crippen molar-refractivity contribution in [2.75, 3.05) is 0 Å². The number of fused-ring (bicyclic) bond motifs is 3. The summed E-state index contributed by atoms with van der Waals surface area (Å²) in [6.07, 6.45) is 5.20. The first kappa shape index (κ1) is 27.1. The topological polar surface area (TPSA) is 95.3 Å². The second-order valence-corrected chi connectivity index (χ2v) is 12.0. The van der Waals surface area contributed by atoms with Crippen LogP contribution in [-0.2, 0) is 6.54 Å². The van der Waals surface area contributed by atoms with Crippen LogP contribution in [0.5, 0.6) is 0 Å². The van der Waals surface area contributed by atoms with Gasteiger partial charge in [-0.15, -0.1) is 0 Å². The third-order valence-electron chi connectivity index (χ3n) is 8.38. The van der Waals surface area contributed by atoms with E-state index in [0.29, 0.717) is 39.9 Å². The van der Waals surface area contributed by atoms with E-state index in [1.807, 2.05) is 23.2 Å². The average Bonchev–Trinajstić information content (AvgIpc) is 3.43. The van der Waals surface area contributed by atoms with Gasteiger partial charge in [0.05, 0.1) is 23.2 Å². The molecule has 4 aromatic rings. The number of aliphatic hydroxyl groups is 1. The van der Waals surface area contributed by atoms with Crippen molar-refractivity contribution in [1.82, 2.24) is 9.47 Å². The van der Waals surface area contributed by atoms with Crippen LogP contribution >= 0.6 is 0 Å². The first-order valence-corrected chi connectivity index (χ1v) is 14.0. The van der Waals surface area contributed by atoms with Crippen LogP contribution in [0.3, 0.4) is 0 Å². The van der Waals surface area contributed by atoms with Gasteiger partial charge >= 0.3 is 0 Å². The van der Waals surface area contributed by atoms with Crippen LogP contribution in [0.2, 0.25) is 0 Å². The molecule has 2 aliphatic heterocycles. The monoisotopic (exact) mass is 554 g/mol. The molecular formula is C33H32F2N4O2. The van der Waals surface area contributed by atoms with Gasteiger partial charge in [0.15, 0.2) is 0 Å². The molecule has 0 spiro atoms. The molecular weight excluding hydrogens is 522 g/mol.